The Hall–Kier alpha value is -4.57. The molecule has 0 heterocycles. The molecule has 35 heavy (non-hydrogen) atoms. The summed E-state index contributed by atoms with van der Waals surface area (Å²) in [7, 11) is -4.30. The third-order valence-corrected chi connectivity index (χ3v) is 6.96. The zero-order valence-corrected chi connectivity index (χ0v) is 19.1. The first-order chi connectivity index (χ1) is 16.9. The van der Waals surface area contributed by atoms with E-state index < -0.39 is 33.1 Å². The summed E-state index contributed by atoms with van der Waals surface area (Å²) in [4.78, 5) is 23.5. The van der Waals surface area contributed by atoms with E-state index in [0.29, 0.717) is 4.31 Å². The number of benzene rings is 4. The van der Waals surface area contributed by atoms with Crippen LogP contribution in [0.15, 0.2) is 107 Å². The Balaban J connectivity index is 1.63. The maximum Gasteiger partial charge on any atom is 0.293 e. The average molecular weight is 489 g/mol. The van der Waals surface area contributed by atoms with Crippen LogP contribution in [0.3, 0.4) is 0 Å². The van der Waals surface area contributed by atoms with E-state index in [1.54, 1.807) is 6.07 Å². The molecule has 4 aromatic carbocycles. The van der Waals surface area contributed by atoms with E-state index in [1.165, 1.54) is 54.7 Å². The van der Waals surface area contributed by atoms with Gasteiger partial charge in [-0.05, 0) is 29.0 Å². The maximum absolute atomic E-state index is 13.4. The molecule has 0 aliphatic rings. The van der Waals surface area contributed by atoms with Crippen molar-refractivity contribution in [2.24, 2.45) is 5.10 Å². The number of amides is 1. The summed E-state index contributed by atoms with van der Waals surface area (Å²) < 4.78 is 27.5. The zero-order chi connectivity index (χ0) is 24.8. The lowest BCUT2D eigenvalue weighted by atomic mass is 10.1. The molecule has 0 aliphatic carbocycles. The zero-order valence-electron chi connectivity index (χ0n) is 18.3. The standard InChI is InChI=1S/C25H20N4O5S/c30-25(27-26-17-20-11-8-10-19-9-4-5-14-22(19)20)18-28(23-15-6-7-16-24(23)29(31)32)35(33,34)21-12-2-1-3-13-21/h1-17H,18H2,(H,27,30)/b26-17-. The molecule has 0 aromatic heterocycles. The highest BCUT2D eigenvalue weighted by molar-refractivity contribution is 7.92. The topological polar surface area (TPSA) is 122 Å². The summed E-state index contributed by atoms with van der Waals surface area (Å²) in [6.45, 7) is -0.713. The van der Waals surface area contributed by atoms with Crippen molar-refractivity contribution in [2.45, 2.75) is 4.90 Å². The van der Waals surface area contributed by atoms with Crippen molar-refractivity contribution < 1.29 is 18.1 Å². The van der Waals surface area contributed by atoms with Gasteiger partial charge in [-0.15, -0.1) is 0 Å². The monoisotopic (exact) mass is 488 g/mol. The first kappa shape index (κ1) is 23.6. The van der Waals surface area contributed by atoms with Gasteiger partial charge in [-0.1, -0.05) is 72.8 Å². The van der Waals surface area contributed by atoms with Gasteiger partial charge in [-0.3, -0.25) is 14.9 Å². The van der Waals surface area contributed by atoms with Crippen LogP contribution in [0.25, 0.3) is 10.8 Å². The maximum atomic E-state index is 13.4. The summed E-state index contributed by atoms with van der Waals surface area (Å²) in [6.07, 6.45) is 1.46. The lowest BCUT2D eigenvalue weighted by molar-refractivity contribution is -0.384. The first-order valence-corrected chi connectivity index (χ1v) is 11.9. The second kappa shape index (κ2) is 10.1. The third kappa shape index (κ3) is 5.17. The summed E-state index contributed by atoms with van der Waals surface area (Å²) in [5, 5.41) is 17.5. The van der Waals surface area contributed by atoms with E-state index in [0.717, 1.165) is 16.3 Å². The number of carbonyl (C=O) groups excluding carboxylic acids is 1. The van der Waals surface area contributed by atoms with Crippen LogP contribution in [0.1, 0.15) is 5.56 Å². The van der Waals surface area contributed by atoms with Crippen LogP contribution in [0.2, 0.25) is 0 Å². The minimum Gasteiger partial charge on any atom is -0.271 e. The van der Waals surface area contributed by atoms with Gasteiger partial charge < -0.3 is 0 Å². The highest BCUT2D eigenvalue weighted by Gasteiger charge is 2.31. The fourth-order valence-electron chi connectivity index (χ4n) is 3.55. The molecule has 0 unspecified atom stereocenters. The Morgan fingerprint density at radius 3 is 2.34 bits per heavy atom. The van der Waals surface area contributed by atoms with Gasteiger partial charge in [0.25, 0.3) is 21.6 Å². The number of nitro benzene ring substituents is 1. The number of rotatable bonds is 8. The number of carbonyl (C=O) groups is 1. The van der Waals surface area contributed by atoms with Gasteiger partial charge >= 0.3 is 0 Å². The molecule has 0 radical (unpaired) electrons. The molecule has 10 heteroatoms. The van der Waals surface area contributed by atoms with Gasteiger partial charge in [0.15, 0.2) is 0 Å². The van der Waals surface area contributed by atoms with Crippen LogP contribution in [0.4, 0.5) is 11.4 Å². The van der Waals surface area contributed by atoms with Crippen LogP contribution in [-0.2, 0) is 14.8 Å². The number of para-hydroxylation sites is 2. The van der Waals surface area contributed by atoms with Crippen LogP contribution < -0.4 is 9.73 Å². The molecule has 0 fully saturated rings. The van der Waals surface area contributed by atoms with E-state index >= 15 is 0 Å². The van der Waals surface area contributed by atoms with E-state index in [2.05, 4.69) is 10.5 Å². The van der Waals surface area contributed by atoms with E-state index in [1.807, 2.05) is 42.5 Å². The first-order valence-electron chi connectivity index (χ1n) is 10.5. The number of sulfonamides is 1. The Morgan fingerprint density at radius 2 is 1.57 bits per heavy atom. The van der Waals surface area contributed by atoms with Gasteiger partial charge in [0, 0.05) is 11.6 Å². The highest BCUT2D eigenvalue weighted by atomic mass is 32.2. The quantitative estimate of drug-likeness (QED) is 0.227. The Kier molecular flexibility index (Phi) is 6.83. The minimum absolute atomic E-state index is 0.106. The molecule has 0 saturated heterocycles. The van der Waals surface area contributed by atoms with Crippen molar-refractivity contribution in [1.82, 2.24) is 5.43 Å². The molecule has 4 aromatic rings. The van der Waals surface area contributed by atoms with E-state index in [9.17, 15) is 23.3 Å². The molecule has 0 aliphatic heterocycles. The van der Waals surface area contributed by atoms with Crippen molar-refractivity contribution in [2.75, 3.05) is 10.8 Å². The molecule has 0 saturated carbocycles. The number of hydrazone groups is 1. The number of nitro groups is 1. The van der Waals surface area contributed by atoms with Crippen LogP contribution >= 0.6 is 0 Å². The largest absolute Gasteiger partial charge is 0.293 e. The molecule has 1 amide bonds. The fraction of sp³-hybridized carbons (Fsp3) is 0.0400. The molecule has 0 bridgehead atoms. The molecule has 176 valence electrons. The number of nitrogens with one attached hydrogen (secondary N) is 1. The number of hydrogen-bond donors (Lipinski definition) is 1. The second-order valence-electron chi connectivity index (χ2n) is 7.43. The number of anilines is 1. The van der Waals surface area contributed by atoms with Gasteiger partial charge in [-0.2, -0.15) is 5.10 Å². The number of nitrogens with zero attached hydrogens (tertiary/aromatic N) is 3. The summed E-state index contributed by atoms with van der Waals surface area (Å²) in [5.74, 6) is -0.765. The predicted octanol–water partition coefficient (Wildman–Crippen LogP) is 4.09. The smallest absolute Gasteiger partial charge is 0.271 e. The summed E-state index contributed by atoms with van der Waals surface area (Å²) in [6, 6.07) is 26.1. The number of hydrogen-bond acceptors (Lipinski definition) is 6. The van der Waals surface area contributed by atoms with Crippen molar-refractivity contribution in [3.63, 3.8) is 0 Å². The summed E-state index contributed by atoms with van der Waals surface area (Å²) in [5.41, 5.74) is 2.41. The normalized spacial score (nSPS) is 11.4. The molecule has 4 rings (SSSR count). The Bertz CT molecular complexity index is 1520. The lowest BCUT2D eigenvalue weighted by Crippen LogP contribution is -2.39. The molecular weight excluding hydrogens is 468 g/mol. The van der Waals surface area contributed by atoms with E-state index in [-0.39, 0.29) is 10.6 Å². The van der Waals surface area contributed by atoms with Crippen LogP contribution in [0.5, 0.6) is 0 Å². The Labute approximate surface area is 201 Å². The van der Waals surface area contributed by atoms with Gasteiger partial charge in [0.1, 0.15) is 12.2 Å². The predicted molar refractivity (Wildman–Crippen MR) is 134 cm³/mol. The molecule has 9 nitrogen and oxygen atoms in total. The van der Waals surface area contributed by atoms with Gasteiger partial charge in [0.2, 0.25) is 0 Å². The number of fused-ring (bicyclic) bond motifs is 1. The highest BCUT2D eigenvalue weighted by Crippen LogP contribution is 2.31. The average Bonchev–Trinajstić information content (AvgIpc) is 2.88. The molecule has 0 spiro atoms. The van der Waals surface area contributed by atoms with Gasteiger partial charge in [-0.25, -0.2) is 18.1 Å². The SMILES string of the molecule is O=C(CN(c1ccccc1[N+](=O)[O-])S(=O)(=O)c1ccccc1)N/N=C\c1cccc2ccccc12. The summed E-state index contributed by atoms with van der Waals surface area (Å²) >= 11 is 0. The lowest BCUT2D eigenvalue weighted by Gasteiger charge is -2.23. The van der Waals surface area contributed by atoms with E-state index in [4.69, 9.17) is 0 Å². The van der Waals surface area contributed by atoms with Crippen molar-refractivity contribution in [1.29, 1.82) is 0 Å². The van der Waals surface area contributed by atoms with Crippen LogP contribution in [0, 0.1) is 10.1 Å². The van der Waals surface area contributed by atoms with Crippen molar-refractivity contribution in [3.05, 3.63) is 113 Å². The van der Waals surface area contributed by atoms with Gasteiger partial charge in [0.05, 0.1) is 16.0 Å². The second-order valence-corrected chi connectivity index (χ2v) is 9.29. The Morgan fingerprint density at radius 1 is 0.914 bits per heavy atom. The van der Waals surface area contributed by atoms with Crippen molar-refractivity contribution >= 4 is 44.3 Å². The molecule has 0 atom stereocenters. The fourth-order valence-corrected chi connectivity index (χ4v) is 5.01. The van der Waals surface area contributed by atoms with Crippen LogP contribution in [-0.4, -0.2) is 32.0 Å². The third-order valence-electron chi connectivity index (χ3n) is 5.18. The minimum atomic E-state index is -4.30. The molecule has 1 N–H and O–H groups in total. The van der Waals surface area contributed by atoms with Crippen molar-refractivity contribution in [3.8, 4) is 0 Å². The molecular formula is C25H20N4O5S.